The van der Waals surface area contributed by atoms with Crippen molar-refractivity contribution in [2.75, 3.05) is 5.43 Å². The summed E-state index contributed by atoms with van der Waals surface area (Å²) < 4.78 is 40.9. The fraction of sp³-hybridized carbons (Fsp3) is 0.222. The van der Waals surface area contributed by atoms with Crippen molar-refractivity contribution >= 4 is 16.9 Å². The van der Waals surface area contributed by atoms with Crippen molar-refractivity contribution in [1.82, 2.24) is 9.66 Å². The molecule has 0 bridgehead atoms. The van der Waals surface area contributed by atoms with Gasteiger partial charge in [-0.25, -0.2) is 9.66 Å². The molecule has 0 spiro atoms. The molecule has 1 amide bonds. The molecule has 7 heteroatoms. The number of halogens is 3. The van der Waals surface area contributed by atoms with Crippen molar-refractivity contribution in [3.05, 3.63) is 66.0 Å². The van der Waals surface area contributed by atoms with Crippen LogP contribution in [0.2, 0.25) is 0 Å². The first-order valence-electron chi connectivity index (χ1n) is 7.84. The van der Waals surface area contributed by atoms with Crippen molar-refractivity contribution in [3.63, 3.8) is 0 Å². The molecule has 1 fully saturated rings. The van der Waals surface area contributed by atoms with Crippen LogP contribution < -0.4 is 5.43 Å². The second-order valence-electron chi connectivity index (χ2n) is 6.11. The quantitative estimate of drug-likeness (QED) is 0.782. The summed E-state index contributed by atoms with van der Waals surface area (Å²) in [6.45, 7) is 0. The first-order chi connectivity index (χ1) is 11.9. The van der Waals surface area contributed by atoms with Gasteiger partial charge < -0.3 is 0 Å². The van der Waals surface area contributed by atoms with E-state index in [-0.39, 0.29) is 11.5 Å². The summed E-state index contributed by atoms with van der Waals surface area (Å²) in [5.74, 6) is -1.18. The van der Waals surface area contributed by atoms with Gasteiger partial charge in [-0.05, 0) is 36.1 Å². The van der Waals surface area contributed by atoms with Crippen molar-refractivity contribution in [2.45, 2.75) is 18.5 Å². The highest BCUT2D eigenvalue weighted by Crippen LogP contribution is 2.51. The van der Waals surface area contributed by atoms with E-state index < -0.39 is 23.6 Å². The molecule has 1 aliphatic carbocycles. The Morgan fingerprint density at radius 1 is 1.12 bits per heavy atom. The van der Waals surface area contributed by atoms with E-state index in [0.29, 0.717) is 6.42 Å². The molecular weight excluding hydrogens is 331 g/mol. The number of para-hydroxylation sites is 2. The summed E-state index contributed by atoms with van der Waals surface area (Å²) in [4.78, 5) is 16.6. The zero-order chi connectivity index (χ0) is 17.6. The van der Waals surface area contributed by atoms with Crippen molar-refractivity contribution < 1.29 is 18.0 Å². The van der Waals surface area contributed by atoms with Crippen LogP contribution in [-0.4, -0.2) is 15.6 Å². The van der Waals surface area contributed by atoms with Gasteiger partial charge in [0.2, 0.25) is 5.91 Å². The van der Waals surface area contributed by atoms with E-state index in [1.54, 1.807) is 6.07 Å². The molecule has 1 saturated carbocycles. The van der Waals surface area contributed by atoms with Gasteiger partial charge in [-0.2, -0.15) is 13.2 Å². The molecule has 2 unspecified atom stereocenters. The second-order valence-corrected chi connectivity index (χ2v) is 6.11. The Bertz CT molecular complexity index is 948. The number of hydrogen-bond acceptors (Lipinski definition) is 2. The number of aromatic nitrogens is 2. The second kappa shape index (κ2) is 5.61. The highest BCUT2D eigenvalue weighted by atomic mass is 19.4. The molecule has 2 aromatic carbocycles. The van der Waals surface area contributed by atoms with Crippen molar-refractivity contribution in [1.29, 1.82) is 0 Å². The third kappa shape index (κ3) is 2.86. The number of amides is 1. The Balaban J connectivity index is 1.53. The van der Waals surface area contributed by atoms with Gasteiger partial charge in [0, 0.05) is 5.92 Å². The molecule has 3 aromatic rings. The average Bonchev–Trinajstić information content (AvgIpc) is 3.30. The van der Waals surface area contributed by atoms with Gasteiger partial charge in [0.1, 0.15) is 6.33 Å². The molecule has 1 heterocycles. The number of nitrogens with zero attached hydrogens (tertiary/aromatic N) is 2. The van der Waals surface area contributed by atoms with Gasteiger partial charge in [0.25, 0.3) is 0 Å². The van der Waals surface area contributed by atoms with Gasteiger partial charge in [-0.3, -0.25) is 10.2 Å². The highest BCUT2D eigenvalue weighted by molar-refractivity contribution is 5.91. The van der Waals surface area contributed by atoms with Crippen LogP contribution in [0.5, 0.6) is 0 Å². The minimum Gasteiger partial charge on any atom is -0.273 e. The predicted molar refractivity (Wildman–Crippen MR) is 86.4 cm³/mol. The van der Waals surface area contributed by atoms with E-state index in [9.17, 15) is 18.0 Å². The summed E-state index contributed by atoms with van der Waals surface area (Å²) in [7, 11) is 0. The van der Waals surface area contributed by atoms with E-state index in [2.05, 4.69) is 10.4 Å². The van der Waals surface area contributed by atoms with Crippen LogP contribution in [-0.2, 0) is 11.0 Å². The summed E-state index contributed by atoms with van der Waals surface area (Å²) in [6, 6.07) is 12.7. The van der Waals surface area contributed by atoms with E-state index in [0.717, 1.165) is 17.1 Å². The smallest absolute Gasteiger partial charge is 0.273 e. The SMILES string of the molecule is O=C(Nn1cnc2ccccc21)C1CC1c1ccccc1C(F)(F)F. The maximum absolute atomic E-state index is 13.1. The van der Waals surface area contributed by atoms with Crippen LogP contribution in [0.3, 0.4) is 0 Å². The molecule has 25 heavy (non-hydrogen) atoms. The largest absolute Gasteiger partial charge is 0.416 e. The zero-order valence-electron chi connectivity index (χ0n) is 13.0. The van der Waals surface area contributed by atoms with Gasteiger partial charge in [-0.15, -0.1) is 0 Å². The van der Waals surface area contributed by atoms with Crippen molar-refractivity contribution in [2.24, 2.45) is 5.92 Å². The molecule has 4 rings (SSSR count). The number of fused-ring (bicyclic) bond motifs is 1. The number of benzene rings is 2. The monoisotopic (exact) mass is 345 g/mol. The summed E-state index contributed by atoms with van der Waals surface area (Å²) in [5, 5.41) is 0. The van der Waals surface area contributed by atoms with Crippen molar-refractivity contribution in [3.8, 4) is 0 Å². The van der Waals surface area contributed by atoms with Gasteiger partial charge in [0.05, 0.1) is 16.6 Å². The summed E-state index contributed by atoms with van der Waals surface area (Å²) in [6.07, 6.45) is -2.52. The number of alkyl halides is 3. The summed E-state index contributed by atoms with van der Waals surface area (Å²) in [5.41, 5.74) is 3.71. The lowest BCUT2D eigenvalue weighted by molar-refractivity contribution is -0.138. The Kier molecular flexibility index (Phi) is 3.52. The Morgan fingerprint density at radius 3 is 2.64 bits per heavy atom. The molecule has 0 radical (unpaired) electrons. The van der Waals surface area contributed by atoms with E-state index >= 15 is 0 Å². The van der Waals surface area contributed by atoms with Gasteiger partial charge >= 0.3 is 6.18 Å². The molecule has 128 valence electrons. The lowest BCUT2D eigenvalue weighted by Gasteiger charge is -2.12. The fourth-order valence-corrected chi connectivity index (χ4v) is 3.16. The third-order valence-electron chi connectivity index (χ3n) is 4.48. The zero-order valence-corrected chi connectivity index (χ0v) is 13.0. The van der Waals surface area contributed by atoms with Gasteiger partial charge in [-0.1, -0.05) is 30.3 Å². The average molecular weight is 345 g/mol. The molecule has 1 N–H and O–H groups in total. The minimum absolute atomic E-state index is 0.186. The van der Waals surface area contributed by atoms with Crippen LogP contribution in [0.15, 0.2) is 54.9 Å². The lowest BCUT2D eigenvalue weighted by Crippen LogP contribution is -2.24. The molecular formula is C18H14F3N3O. The molecule has 0 aliphatic heterocycles. The Hall–Kier alpha value is -2.83. The standard InChI is InChI=1S/C18H14F3N3O/c19-18(20,21)14-6-2-1-5-11(14)12-9-13(12)17(25)23-24-10-22-15-7-3-4-8-16(15)24/h1-8,10,12-13H,9H2,(H,23,25). The molecule has 4 nitrogen and oxygen atoms in total. The predicted octanol–water partition coefficient (Wildman–Crippen LogP) is 3.93. The van der Waals surface area contributed by atoms with Crippen LogP contribution >= 0.6 is 0 Å². The highest BCUT2D eigenvalue weighted by Gasteiger charge is 2.48. The number of hydrogen-bond donors (Lipinski definition) is 1. The Labute approximate surface area is 141 Å². The first kappa shape index (κ1) is 15.7. The third-order valence-corrected chi connectivity index (χ3v) is 4.48. The van der Waals surface area contributed by atoms with Crippen LogP contribution in [0.25, 0.3) is 11.0 Å². The maximum Gasteiger partial charge on any atom is 0.416 e. The first-order valence-corrected chi connectivity index (χ1v) is 7.84. The Morgan fingerprint density at radius 2 is 1.84 bits per heavy atom. The van der Waals surface area contributed by atoms with E-state index in [4.69, 9.17) is 0 Å². The van der Waals surface area contributed by atoms with Crippen LogP contribution in [0, 0.1) is 5.92 Å². The summed E-state index contributed by atoms with van der Waals surface area (Å²) >= 11 is 0. The molecule has 1 aromatic heterocycles. The van der Waals surface area contributed by atoms with Crippen LogP contribution in [0.1, 0.15) is 23.5 Å². The molecule has 0 saturated heterocycles. The van der Waals surface area contributed by atoms with Gasteiger partial charge in [0.15, 0.2) is 0 Å². The number of carbonyl (C=O) groups is 1. The van der Waals surface area contributed by atoms with E-state index in [1.807, 2.05) is 24.3 Å². The van der Waals surface area contributed by atoms with Crippen LogP contribution in [0.4, 0.5) is 13.2 Å². The molecule has 2 atom stereocenters. The minimum atomic E-state index is -4.42. The van der Waals surface area contributed by atoms with E-state index in [1.165, 1.54) is 23.1 Å². The number of imidazole rings is 1. The normalized spacial score (nSPS) is 19.8. The number of nitrogens with one attached hydrogen (secondary N) is 1. The fourth-order valence-electron chi connectivity index (χ4n) is 3.16. The lowest BCUT2D eigenvalue weighted by atomic mass is 10.0. The number of carbonyl (C=O) groups excluding carboxylic acids is 1. The number of rotatable bonds is 3. The maximum atomic E-state index is 13.1. The topological polar surface area (TPSA) is 46.9 Å². The molecule has 1 aliphatic rings.